The van der Waals surface area contributed by atoms with Gasteiger partial charge in [-0.3, -0.25) is 9.88 Å². The molecule has 0 spiro atoms. The van der Waals surface area contributed by atoms with Crippen LogP contribution in [0.1, 0.15) is 17.0 Å². The topological polar surface area (TPSA) is 59.7 Å². The predicted molar refractivity (Wildman–Crippen MR) is 86.3 cm³/mol. The first-order chi connectivity index (χ1) is 11.3. The van der Waals surface area contributed by atoms with E-state index in [1.165, 1.54) is 5.56 Å². The van der Waals surface area contributed by atoms with Crippen LogP contribution >= 0.6 is 0 Å². The molecule has 23 heavy (non-hydrogen) atoms. The molecule has 6 heteroatoms. The van der Waals surface area contributed by atoms with Crippen LogP contribution in [0, 0.1) is 0 Å². The van der Waals surface area contributed by atoms with Crippen LogP contribution in [0.5, 0.6) is 0 Å². The molecule has 0 bridgehead atoms. The van der Waals surface area contributed by atoms with Gasteiger partial charge in [0.2, 0.25) is 0 Å². The van der Waals surface area contributed by atoms with Gasteiger partial charge in [0.05, 0.1) is 17.7 Å². The van der Waals surface area contributed by atoms with Gasteiger partial charge in [-0.15, -0.1) is 0 Å². The maximum absolute atomic E-state index is 4.73. The molecule has 0 N–H and O–H groups in total. The second-order valence-electron chi connectivity index (χ2n) is 5.90. The number of hydrogen-bond acceptors (Lipinski definition) is 5. The third-order valence-electron chi connectivity index (χ3n) is 4.08. The average molecular weight is 306 g/mol. The van der Waals surface area contributed by atoms with Crippen molar-refractivity contribution in [3.8, 4) is 11.4 Å². The molecule has 0 amide bonds. The number of hydrogen-bond donors (Lipinski definition) is 0. The van der Waals surface area contributed by atoms with E-state index >= 15 is 0 Å². The van der Waals surface area contributed by atoms with Crippen molar-refractivity contribution < 1.29 is 0 Å². The Morgan fingerprint density at radius 2 is 2.17 bits per heavy atom. The molecule has 116 valence electrons. The Morgan fingerprint density at radius 3 is 2.96 bits per heavy atom. The summed E-state index contributed by atoms with van der Waals surface area (Å²) in [5, 5.41) is 0. The minimum absolute atomic E-state index is 0.759. The summed E-state index contributed by atoms with van der Waals surface area (Å²) in [5.74, 6) is 0.759. The van der Waals surface area contributed by atoms with Crippen LogP contribution < -0.4 is 0 Å². The van der Waals surface area contributed by atoms with Crippen LogP contribution in [0.25, 0.3) is 11.4 Å². The van der Waals surface area contributed by atoms with Crippen LogP contribution in [0.15, 0.2) is 43.2 Å². The normalized spacial score (nSPS) is 14.7. The Bertz CT molecular complexity index is 811. The molecule has 0 fully saturated rings. The van der Waals surface area contributed by atoms with E-state index < -0.39 is 0 Å². The molecule has 0 aromatic carbocycles. The van der Waals surface area contributed by atoms with Crippen molar-refractivity contribution in [3.05, 3.63) is 60.2 Å². The van der Waals surface area contributed by atoms with E-state index in [2.05, 4.69) is 26.0 Å². The summed E-state index contributed by atoms with van der Waals surface area (Å²) >= 11 is 0. The van der Waals surface area contributed by atoms with Gasteiger partial charge in [0.1, 0.15) is 0 Å². The van der Waals surface area contributed by atoms with Crippen molar-refractivity contribution >= 4 is 0 Å². The Kier molecular flexibility index (Phi) is 3.59. The van der Waals surface area contributed by atoms with Crippen LogP contribution in [-0.2, 0) is 26.6 Å². The van der Waals surface area contributed by atoms with E-state index in [0.29, 0.717) is 0 Å². The molecular formula is C17H18N6. The monoisotopic (exact) mass is 306 g/mol. The molecule has 6 nitrogen and oxygen atoms in total. The van der Waals surface area contributed by atoms with Crippen molar-refractivity contribution in [1.82, 2.24) is 29.4 Å². The number of aromatic nitrogens is 5. The predicted octanol–water partition coefficient (Wildman–Crippen LogP) is 1.83. The summed E-state index contributed by atoms with van der Waals surface area (Å²) in [7, 11) is 2.00. The lowest BCUT2D eigenvalue weighted by atomic mass is 10.1. The van der Waals surface area contributed by atoms with E-state index in [1.54, 1.807) is 12.4 Å². The molecule has 1 aliphatic rings. The van der Waals surface area contributed by atoms with Crippen LogP contribution in [0.2, 0.25) is 0 Å². The van der Waals surface area contributed by atoms with Gasteiger partial charge >= 0.3 is 0 Å². The van der Waals surface area contributed by atoms with E-state index in [0.717, 1.165) is 48.8 Å². The molecule has 0 atom stereocenters. The molecule has 0 radical (unpaired) electrons. The van der Waals surface area contributed by atoms with Crippen molar-refractivity contribution in [2.75, 3.05) is 6.54 Å². The summed E-state index contributed by atoms with van der Waals surface area (Å²) in [6, 6.07) is 3.90. The first kappa shape index (κ1) is 14.0. The molecule has 0 saturated carbocycles. The number of rotatable bonds is 3. The van der Waals surface area contributed by atoms with E-state index in [1.807, 2.05) is 36.3 Å². The van der Waals surface area contributed by atoms with Crippen LogP contribution in [0.4, 0.5) is 0 Å². The molecule has 0 saturated heterocycles. The third-order valence-corrected chi connectivity index (χ3v) is 4.08. The highest BCUT2D eigenvalue weighted by molar-refractivity contribution is 5.53. The van der Waals surface area contributed by atoms with Gasteiger partial charge < -0.3 is 4.57 Å². The number of pyridine rings is 1. The van der Waals surface area contributed by atoms with Gasteiger partial charge in [-0.2, -0.15) is 0 Å². The number of imidazole rings is 1. The number of aryl methyl sites for hydroxylation is 1. The molecule has 3 aromatic heterocycles. The van der Waals surface area contributed by atoms with Crippen LogP contribution in [-0.4, -0.2) is 35.9 Å². The average Bonchev–Trinajstić information content (AvgIpc) is 3.00. The van der Waals surface area contributed by atoms with Crippen molar-refractivity contribution in [2.24, 2.45) is 7.05 Å². The fourth-order valence-electron chi connectivity index (χ4n) is 2.92. The highest BCUT2D eigenvalue weighted by atomic mass is 15.2. The highest BCUT2D eigenvalue weighted by Gasteiger charge is 2.19. The summed E-state index contributed by atoms with van der Waals surface area (Å²) in [6.45, 7) is 2.73. The molecule has 0 aliphatic carbocycles. The zero-order valence-electron chi connectivity index (χ0n) is 13.1. The SMILES string of the molecule is Cn1cnc(CN2CCc3nc(-c4cccnc4)ncc3C2)c1. The minimum Gasteiger partial charge on any atom is -0.340 e. The fourth-order valence-corrected chi connectivity index (χ4v) is 2.92. The number of nitrogens with zero attached hydrogens (tertiary/aromatic N) is 6. The van der Waals surface area contributed by atoms with Crippen molar-refractivity contribution in [1.29, 1.82) is 0 Å². The molecule has 1 aliphatic heterocycles. The zero-order chi connectivity index (χ0) is 15.6. The quantitative estimate of drug-likeness (QED) is 0.739. The van der Waals surface area contributed by atoms with E-state index in [9.17, 15) is 0 Å². The summed E-state index contributed by atoms with van der Waals surface area (Å²) in [5.41, 5.74) is 4.42. The number of fused-ring (bicyclic) bond motifs is 1. The molecule has 0 unspecified atom stereocenters. The Balaban J connectivity index is 1.52. The second kappa shape index (κ2) is 5.89. The van der Waals surface area contributed by atoms with Gasteiger partial charge in [0, 0.05) is 69.0 Å². The van der Waals surface area contributed by atoms with Gasteiger partial charge in [-0.1, -0.05) is 0 Å². The minimum atomic E-state index is 0.759. The zero-order valence-corrected chi connectivity index (χ0v) is 13.1. The maximum atomic E-state index is 4.73. The van der Waals surface area contributed by atoms with Gasteiger partial charge in [-0.05, 0) is 12.1 Å². The Labute approximate surface area is 134 Å². The highest BCUT2D eigenvalue weighted by Crippen LogP contribution is 2.21. The van der Waals surface area contributed by atoms with Gasteiger partial charge in [-0.25, -0.2) is 15.0 Å². The third kappa shape index (κ3) is 2.98. The van der Waals surface area contributed by atoms with Crippen molar-refractivity contribution in [3.63, 3.8) is 0 Å². The molecule has 4 heterocycles. The maximum Gasteiger partial charge on any atom is 0.160 e. The first-order valence-corrected chi connectivity index (χ1v) is 7.72. The molecule has 4 rings (SSSR count). The fraction of sp³-hybridized carbons (Fsp3) is 0.294. The van der Waals surface area contributed by atoms with Gasteiger partial charge in [0.25, 0.3) is 0 Å². The Hall–Kier alpha value is -2.60. The first-order valence-electron chi connectivity index (χ1n) is 7.72. The summed E-state index contributed by atoms with van der Waals surface area (Å²) < 4.78 is 1.98. The van der Waals surface area contributed by atoms with E-state index in [4.69, 9.17) is 4.98 Å². The Morgan fingerprint density at radius 1 is 1.22 bits per heavy atom. The second-order valence-corrected chi connectivity index (χ2v) is 5.90. The standard InChI is InChI=1S/C17H18N6/c1-22-10-15(20-12-22)11-23-6-4-16-14(9-23)8-19-17(21-16)13-3-2-5-18-7-13/h2-3,5,7-8,10,12H,4,6,9,11H2,1H3. The lowest BCUT2D eigenvalue weighted by Gasteiger charge is -2.27. The van der Waals surface area contributed by atoms with E-state index in [-0.39, 0.29) is 0 Å². The largest absolute Gasteiger partial charge is 0.340 e. The summed E-state index contributed by atoms with van der Waals surface area (Å²) in [6.07, 6.45) is 10.4. The lowest BCUT2D eigenvalue weighted by molar-refractivity contribution is 0.240. The lowest BCUT2D eigenvalue weighted by Crippen LogP contribution is -2.31. The van der Waals surface area contributed by atoms with Crippen molar-refractivity contribution in [2.45, 2.75) is 19.5 Å². The molecule has 3 aromatic rings. The summed E-state index contributed by atoms with van der Waals surface area (Å²) in [4.78, 5) is 20.2. The molecular weight excluding hydrogens is 288 g/mol. The van der Waals surface area contributed by atoms with Gasteiger partial charge in [0.15, 0.2) is 5.82 Å². The van der Waals surface area contributed by atoms with Crippen LogP contribution in [0.3, 0.4) is 0 Å². The smallest absolute Gasteiger partial charge is 0.160 e.